The van der Waals surface area contributed by atoms with Crippen molar-refractivity contribution >= 4 is 75.5 Å². The van der Waals surface area contributed by atoms with E-state index in [0.717, 1.165) is 93.6 Å². The van der Waals surface area contributed by atoms with Gasteiger partial charge in [0.1, 0.15) is 0 Å². The second-order valence-corrected chi connectivity index (χ2v) is 23.4. The summed E-state index contributed by atoms with van der Waals surface area (Å²) in [6.45, 7) is 0. The first-order valence-corrected chi connectivity index (χ1v) is 31.7. The van der Waals surface area contributed by atoms with Crippen molar-refractivity contribution in [2.45, 2.75) is 0 Å². The minimum Gasteiger partial charge on any atom is -0.868 e. The molecule has 0 aliphatic heterocycles. The molecule has 1 N–H and O–H groups in total. The van der Waals surface area contributed by atoms with Crippen LogP contribution in [0.25, 0.3) is 165 Å². The maximum atomic E-state index is 11.1. The zero-order valence-corrected chi connectivity index (χ0v) is 52.4. The average molecular weight is 1230 g/mol. The number of H-pyrrole nitrogens is 1. The summed E-state index contributed by atoms with van der Waals surface area (Å²) in [4.78, 5) is 17.5. The van der Waals surface area contributed by atoms with Gasteiger partial charge in [0.05, 0.1) is 18.2 Å². The fraction of sp³-hybridized carbons (Fsp3) is 0. The molecule has 0 aliphatic carbocycles. The van der Waals surface area contributed by atoms with Gasteiger partial charge in [-0.3, -0.25) is 4.98 Å². The number of benzene rings is 15. The van der Waals surface area contributed by atoms with Crippen molar-refractivity contribution in [3.05, 3.63) is 358 Å². The van der Waals surface area contributed by atoms with E-state index in [2.05, 4.69) is 240 Å². The van der Waals surface area contributed by atoms with Crippen LogP contribution in [-0.2, 0) is 0 Å². The number of nitrogens with one attached hydrogen (secondary N) is 1. The molecule has 3 aromatic heterocycles. The summed E-state index contributed by atoms with van der Waals surface area (Å²) in [6, 6.07) is 105. The summed E-state index contributed by atoms with van der Waals surface area (Å²) in [6.07, 6.45) is 5.44. The van der Waals surface area contributed by atoms with E-state index in [-0.39, 0.29) is 60.4 Å². The monoisotopic (exact) mass is 1220 g/mol. The second-order valence-electron chi connectivity index (χ2n) is 23.4. The molecule has 0 aliphatic rings. The van der Waals surface area contributed by atoms with Gasteiger partial charge in [0.15, 0.2) is 12.0 Å². The van der Waals surface area contributed by atoms with Gasteiger partial charge < -0.3 is 5.11 Å². The zero-order valence-electron chi connectivity index (χ0n) is 57.4. The van der Waals surface area contributed by atoms with Gasteiger partial charge in [0, 0.05) is 40.5 Å². The predicted molar refractivity (Wildman–Crippen MR) is 395 cm³/mol. The summed E-state index contributed by atoms with van der Waals surface area (Å²) in [5, 5.41) is 25.3. The van der Waals surface area contributed by atoms with Crippen LogP contribution < -0.4 is 29.0 Å². The third kappa shape index (κ3) is 11.6. The molecule has 0 saturated carbocycles. The number of aromatic amines is 1. The largest absolute Gasteiger partial charge is 1.00 e. The summed E-state index contributed by atoms with van der Waals surface area (Å²) >= 11 is 0. The molecule has 0 spiro atoms. The fourth-order valence-electron chi connectivity index (χ4n) is 13.5. The Morgan fingerprint density at radius 1 is 0.302 bits per heavy atom. The third-order valence-electron chi connectivity index (χ3n) is 17.8. The van der Waals surface area contributed by atoms with Crippen LogP contribution in [0.2, 0.25) is 0 Å². The molecule has 0 atom stereocenters. The molecule has 15 aromatic carbocycles. The zero-order chi connectivity index (χ0) is 67.8. The van der Waals surface area contributed by atoms with Crippen molar-refractivity contribution in [2.75, 3.05) is 0 Å². The van der Waals surface area contributed by atoms with Gasteiger partial charge in [-0.15, -0.1) is 0 Å². The van der Waals surface area contributed by atoms with Crippen molar-refractivity contribution in [2.24, 2.45) is 0 Å². The quantitative estimate of drug-likeness (QED) is 0.0863. The van der Waals surface area contributed by atoms with Crippen molar-refractivity contribution in [1.29, 1.82) is 0 Å². The Hall–Kier alpha value is -12.1. The molecule has 18 rings (SSSR count). The van der Waals surface area contributed by atoms with Crippen LogP contribution in [0.3, 0.4) is 0 Å². The molecule has 0 saturated heterocycles. The fourth-order valence-corrected chi connectivity index (χ4v) is 13.5. The van der Waals surface area contributed by atoms with E-state index in [1.54, 1.807) is 24.5 Å². The molecular weight excluding hydrogens is 1160 g/mol. The van der Waals surface area contributed by atoms with Gasteiger partial charge in [-0.2, -0.15) is 0 Å². The minimum atomic E-state index is -0.387. The molecule has 6 heteroatoms. The number of hydrogen-bond acceptors (Lipinski definition) is 4. The molecular formula is C90H60LiN4O+. The molecule has 18 aromatic rings. The number of fused-ring (bicyclic) bond motifs is 8. The average Bonchev–Trinajstić information content (AvgIpc) is 0.726. The van der Waals surface area contributed by atoms with Crippen molar-refractivity contribution in [1.82, 2.24) is 15.0 Å². The van der Waals surface area contributed by atoms with Crippen LogP contribution >= 0.6 is 0 Å². The van der Waals surface area contributed by atoms with Crippen LogP contribution in [0.1, 0.15) is 6.85 Å². The number of hydrogen-bond donors (Lipinski definition) is 0. The Morgan fingerprint density at radius 2 is 0.740 bits per heavy atom. The summed E-state index contributed by atoms with van der Waals surface area (Å²) in [5.74, 6) is 0.733. The van der Waals surface area contributed by atoms with E-state index in [4.69, 9.17) is 16.8 Å². The maximum absolute atomic E-state index is 11.1. The van der Waals surface area contributed by atoms with Crippen LogP contribution in [0.15, 0.2) is 358 Å². The molecule has 96 heavy (non-hydrogen) atoms. The minimum absolute atomic E-state index is 0. The summed E-state index contributed by atoms with van der Waals surface area (Å²) < 4.78 is 42.3. The SMILES string of the molecule is [2H]c1c([2H])c([2H])c(-c2c3ccccc3c(-c3cc4ccccc4c4ccccc34)c3ccccc23)c([2H])c1[2H].[Li+].[O-]c1cccc2ccc[nH+]c12.c1ccc(-c2cc(-c3ccc(-c4cccnc4)cc3)nc(-c3cccc(-c4c5ccccc5c(-c5ccccc5)c5ccccc45)c3)n2)cc1. The molecule has 0 amide bonds. The number of nitrogens with zero attached hydrogens (tertiary/aromatic N) is 3. The topological polar surface area (TPSA) is 75.9 Å². The Labute approximate surface area is 576 Å². The van der Waals surface area contributed by atoms with E-state index < -0.39 is 0 Å². The molecule has 446 valence electrons. The van der Waals surface area contributed by atoms with Crippen LogP contribution in [0.5, 0.6) is 5.75 Å². The first-order chi connectivity index (χ1) is 49.1. The van der Waals surface area contributed by atoms with Crippen molar-refractivity contribution < 1.29 is 35.8 Å². The first kappa shape index (κ1) is 54.5. The van der Waals surface area contributed by atoms with Gasteiger partial charge in [0.2, 0.25) is 5.52 Å². The molecule has 0 fully saturated rings. The normalized spacial score (nSPS) is 11.8. The predicted octanol–water partition coefficient (Wildman–Crippen LogP) is 19.5. The van der Waals surface area contributed by atoms with Gasteiger partial charge in [-0.25, -0.2) is 15.0 Å². The molecule has 3 heterocycles. The smallest absolute Gasteiger partial charge is 0.868 e. The van der Waals surface area contributed by atoms with Gasteiger partial charge in [-0.1, -0.05) is 297 Å². The third-order valence-corrected chi connectivity index (χ3v) is 17.8. The van der Waals surface area contributed by atoms with Gasteiger partial charge in [0.25, 0.3) is 0 Å². The summed E-state index contributed by atoms with van der Waals surface area (Å²) in [5.41, 5.74) is 15.6. The first-order valence-electron chi connectivity index (χ1n) is 34.2. The second kappa shape index (κ2) is 26.9. The van der Waals surface area contributed by atoms with E-state index >= 15 is 0 Å². The number of para-hydroxylation sites is 1. The van der Waals surface area contributed by atoms with E-state index in [0.29, 0.717) is 16.9 Å². The Kier molecular flexibility index (Phi) is 15.2. The van der Waals surface area contributed by atoms with Crippen molar-refractivity contribution in [3.8, 4) is 95.3 Å². The van der Waals surface area contributed by atoms with Gasteiger partial charge in [-0.05, 0) is 162 Å². The Bertz CT molecular complexity index is 6030. The molecule has 5 nitrogen and oxygen atoms in total. The van der Waals surface area contributed by atoms with Crippen LogP contribution in [0, 0.1) is 0 Å². The van der Waals surface area contributed by atoms with E-state index in [9.17, 15) is 5.11 Å². The Morgan fingerprint density at radius 3 is 1.32 bits per heavy atom. The molecule has 0 radical (unpaired) electrons. The van der Waals surface area contributed by atoms with Gasteiger partial charge >= 0.3 is 18.9 Å². The number of aromatic nitrogens is 4. The number of pyridine rings is 2. The van der Waals surface area contributed by atoms with E-state index in [1.807, 2.05) is 72.9 Å². The van der Waals surface area contributed by atoms with Crippen LogP contribution in [-0.4, -0.2) is 15.0 Å². The van der Waals surface area contributed by atoms with Crippen LogP contribution in [0.4, 0.5) is 0 Å². The number of rotatable bonds is 8. The Balaban J connectivity index is 0.000000143. The standard InChI is InChI=1S/C47H31N3.C34H22.C9H7NO.Li/c1-3-13-33(14-4-1)43-30-44(34-26-24-32(25-27-34)38-19-12-28-48-31-38)50-47(49-43)37-18-11-17-36(29-37)46-41-22-9-7-20-39(41)45(35-15-5-2-6-16-35)40-21-8-10-23-42(40)46;1-2-12-23(13-3-1)33-28-18-8-10-20-30(28)34(31-21-11-9-19-29(31)33)32-22-24-14-4-5-15-25(24)26-16-6-7-17-27(26)32;11-8-5-1-3-7-4-2-6-10-9(7)8;/h1-31H;1-22H;1-6,11H;/q;;;+1/i;1D,2D,3D,12D,13D;;. The van der Waals surface area contributed by atoms with Crippen molar-refractivity contribution in [3.63, 3.8) is 0 Å². The summed E-state index contributed by atoms with van der Waals surface area (Å²) in [7, 11) is 0. The molecule has 0 bridgehead atoms. The molecule has 0 unspecified atom stereocenters. The maximum Gasteiger partial charge on any atom is 1.00 e. The van der Waals surface area contributed by atoms with E-state index in [1.165, 1.54) is 49.0 Å².